The van der Waals surface area contributed by atoms with E-state index < -0.39 is 0 Å². The van der Waals surface area contributed by atoms with Crippen molar-refractivity contribution >= 4 is 29.9 Å². The van der Waals surface area contributed by atoms with E-state index in [0.717, 1.165) is 25.2 Å². The number of nitrogens with two attached hydrogens (primary N) is 1. The molecule has 7 heteroatoms. The van der Waals surface area contributed by atoms with Crippen molar-refractivity contribution in [2.45, 2.75) is 32.4 Å². The highest BCUT2D eigenvalue weighted by molar-refractivity contribution is 14.0. The van der Waals surface area contributed by atoms with Crippen LogP contribution in [0.5, 0.6) is 11.5 Å². The van der Waals surface area contributed by atoms with E-state index in [1.165, 1.54) is 24.0 Å². The Labute approximate surface area is 196 Å². The van der Waals surface area contributed by atoms with Gasteiger partial charge in [-0.15, -0.1) is 24.0 Å². The molecule has 1 atom stereocenters. The highest BCUT2D eigenvalue weighted by atomic mass is 127. The first-order valence-electron chi connectivity index (χ1n) is 10.2. The zero-order valence-electron chi connectivity index (χ0n) is 18.1. The molecule has 30 heavy (non-hydrogen) atoms. The molecule has 1 unspecified atom stereocenters. The first-order valence-corrected chi connectivity index (χ1v) is 10.2. The summed E-state index contributed by atoms with van der Waals surface area (Å²) in [5.41, 5.74) is 9.77. The molecule has 0 radical (unpaired) electrons. The minimum absolute atomic E-state index is 0. The maximum absolute atomic E-state index is 6.16. The lowest BCUT2D eigenvalue weighted by atomic mass is 10.0. The lowest BCUT2D eigenvalue weighted by Crippen LogP contribution is -2.40. The van der Waals surface area contributed by atoms with Gasteiger partial charge in [-0.2, -0.15) is 0 Å². The van der Waals surface area contributed by atoms with Crippen LogP contribution in [0.15, 0.2) is 47.5 Å². The largest absolute Gasteiger partial charge is 0.493 e. The molecule has 0 aliphatic carbocycles. The van der Waals surface area contributed by atoms with Gasteiger partial charge < -0.3 is 20.5 Å². The van der Waals surface area contributed by atoms with Crippen LogP contribution in [0.3, 0.4) is 0 Å². The highest BCUT2D eigenvalue weighted by Crippen LogP contribution is 2.28. The molecule has 3 N–H and O–H groups in total. The molecule has 0 saturated carbocycles. The molecule has 0 aromatic heterocycles. The summed E-state index contributed by atoms with van der Waals surface area (Å²) in [4.78, 5) is 7.03. The number of hydrogen-bond acceptors (Lipinski definition) is 4. The topological polar surface area (TPSA) is 72.1 Å². The second-order valence-electron chi connectivity index (χ2n) is 7.44. The Balaban J connectivity index is 0.00000320. The SMILES string of the molecule is COc1ccc(CN=C(N)NCC(c2ccc(C)cc2)N2CCCC2)cc1OC.I. The molecule has 3 rings (SSSR count). The minimum atomic E-state index is 0. The molecular formula is C23H33IN4O2. The number of benzene rings is 2. The summed E-state index contributed by atoms with van der Waals surface area (Å²) in [6, 6.07) is 14.9. The first-order chi connectivity index (χ1) is 14.1. The fourth-order valence-corrected chi connectivity index (χ4v) is 3.71. The van der Waals surface area contributed by atoms with Gasteiger partial charge in [0.15, 0.2) is 17.5 Å². The van der Waals surface area contributed by atoms with E-state index in [1.54, 1.807) is 14.2 Å². The van der Waals surface area contributed by atoms with Gasteiger partial charge >= 0.3 is 0 Å². The molecule has 6 nitrogen and oxygen atoms in total. The van der Waals surface area contributed by atoms with E-state index >= 15 is 0 Å². The second kappa shape index (κ2) is 12.0. The maximum Gasteiger partial charge on any atom is 0.188 e. The van der Waals surface area contributed by atoms with Crippen LogP contribution in [0.25, 0.3) is 0 Å². The summed E-state index contributed by atoms with van der Waals surface area (Å²) in [5.74, 6) is 1.86. The van der Waals surface area contributed by atoms with E-state index in [1.807, 2.05) is 18.2 Å². The van der Waals surface area contributed by atoms with Gasteiger partial charge in [-0.3, -0.25) is 4.90 Å². The van der Waals surface area contributed by atoms with Gasteiger partial charge in [0.2, 0.25) is 0 Å². The zero-order valence-corrected chi connectivity index (χ0v) is 20.4. The van der Waals surface area contributed by atoms with Crippen LogP contribution in [0.1, 0.15) is 35.6 Å². The Hall–Kier alpha value is -2.00. The number of guanidine groups is 1. The lowest BCUT2D eigenvalue weighted by molar-refractivity contribution is 0.245. The third-order valence-electron chi connectivity index (χ3n) is 5.40. The van der Waals surface area contributed by atoms with Crippen molar-refractivity contribution < 1.29 is 9.47 Å². The number of nitrogens with zero attached hydrogens (tertiary/aromatic N) is 2. The van der Waals surface area contributed by atoms with Crippen molar-refractivity contribution in [3.63, 3.8) is 0 Å². The van der Waals surface area contributed by atoms with Crippen LogP contribution >= 0.6 is 24.0 Å². The fourth-order valence-electron chi connectivity index (χ4n) is 3.71. The Kier molecular flexibility index (Phi) is 9.71. The van der Waals surface area contributed by atoms with Crippen LogP contribution in [0, 0.1) is 6.92 Å². The van der Waals surface area contributed by atoms with Crippen molar-refractivity contribution in [3.05, 3.63) is 59.2 Å². The van der Waals surface area contributed by atoms with E-state index in [0.29, 0.717) is 30.0 Å². The summed E-state index contributed by atoms with van der Waals surface area (Å²) in [6.45, 7) is 5.60. The molecule has 1 aliphatic rings. The van der Waals surface area contributed by atoms with Crippen molar-refractivity contribution in [1.82, 2.24) is 10.2 Å². The monoisotopic (exact) mass is 524 g/mol. The maximum atomic E-state index is 6.16. The summed E-state index contributed by atoms with van der Waals surface area (Å²) in [7, 11) is 3.26. The summed E-state index contributed by atoms with van der Waals surface area (Å²) in [5, 5.41) is 3.32. The number of nitrogens with one attached hydrogen (secondary N) is 1. The van der Waals surface area contributed by atoms with Gasteiger partial charge in [0.25, 0.3) is 0 Å². The van der Waals surface area contributed by atoms with Crippen LogP contribution in [-0.2, 0) is 6.54 Å². The van der Waals surface area contributed by atoms with Gasteiger partial charge in [0, 0.05) is 6.54 Å². The summed E-state index contributed by atoms with van der Waals surface area (Å²) >= 11 is 0. The lowest BCUT2D eigenvalue weighted by Gasteiger charge is -2.28. The Morgan fingerprint density at radius 1 is 1.07 bits per heavy atom. The Bertz CT molecular complexity index is 820. The third kappa shape index (κ3) is 6.50. The molecule has 0 bridgehead atoms. The molecule has 1 aliphatic heterocycles. The number of ether oxygens (including phenoxy) is 2. The number of methoxy groups -OCH3 is 2. The van der Waals surface area contributed by atoms with Crippen molar-refractivity contribution in [3.8, 4) is 11.5 Å². The summed E-state index contributed by atoms with van der Waals surface area (Å²) < 4.78 is 10.6. The van der Waals surface area contributed by atoms with Crippen molar-refractivity contribution in [2.24, 2.45) is 10.7 Å². The molecule has 164 valence electrons. The number of likely N-dealkylation sites (tertiary alicyclic amines) is 1. The molecule has 0 spiro atoms. The first kappa shape index (κ1) is 24.3. The Morgan fingerprint density at radius 2 is 1.73 bits per heavy atom. The average molecular weight is 524 g/mol. The van der Waals surface area contributed by atoms with Gasteiger partial charge in [-0.05, 0) is 56.1 Å². The van der Waals surface area contributed by atoms with E-state index in [2.05, 4.69) is 46.4 Å². The van der Waals surface area contributed by atoms with Crippen LogP contribution in [-0.4, -0.2) is 44.7 Å². The number of aryl methyl sites for hydroxylation is 1. The average Bonchev–Trinajstić information content (AvgIpc) is 3.28. The van der Waals surface area contributed by atoms with E-state index in [-0.39, 0.29) is 24.0 Å². The number of aliphatic imine (C=N–C) groups is 1. The predicted molar refractivity (Wildman–Crippen MR) is 133 cm³/mol. The summed E-state index contributed by atoms with van der Waals surface area (Å²) in [6.07, 6.45) is 2.51. The van der Waals surface area contributed by atoms with Crippen molar-refractivity contribution in [2.75, 3.05) is 33.9 Å². The molecule has 1 fully saturated rings. The molecule has 0 amide bonds. The smallest absolute Gasteiger partial charge is 0.188 e. The van der Waals surface area contributed by atoms with Crippen LogP contribution in [0.4, 0.5) is 0 Å². The predicted octanol–water partition coefficient (Wildman–Crippen LogP) is 3.87. The van der Waals surface area contributed by atoms with Gasteiger partial charge in [0.05, 0.1) is 26.8 Å². The number of rotatable bonds is 8. The zero-order chi connectivity index (χ0) is 20.6. The quantitative estimate of drug-likeness (QED) is 0.312. The Morgan fingerprint density at radius 3 is 2.37 bits per heavy atom. The minimum Gasteiger partial charge on any atom is -0.493 e. The van der Waals surface area contributed by atoms with Crippen molar-refractivity contribution in [1.29, 1.82) is 0 Å². The van der Waals surface area contributed by atoms with Gasteiger partial charge in [0.1, 0.15) is 0 Å². The number of halogens is 1. The molecular weight excluding hydrogens is 491 g/mol. The van der Waals surface area contributed by atoms with E-state index in [4.69, 9.17) is 15.2 Å². The molecule has 1 heterocycles. The second-order valence-corrected chi connectivity index (χ2v) is 7.44. The molecule has 1 saturated heterocycles. The number of hydrogen-bond donors (Lipinski definition) is 2. The van der Waals surface area contributed by atoms with Crippen LogP contribution < -0.4 is 20.5 Å². The molecule has 2 aromatic rings. The highest BCUT2D eigenvalue weighted by Gasteiger charge is 2.23. The van der Waals surface area contributed by atoms with E-state index in [9.17, 15) is 0 Å². The van der Waals surface area contributed by atoms with Gasteiger partial charge in [-0.25, -0.2) is 4.99 Å². The van der Waals surface area contributed by atoms with Crippen LogP contribution in [0.2, 0.25) is 0 Å². The molecule has 2 aromatic carbocycles. The standard InChI is InChI=1S/C23H32N4O2.HI/c1-17-6-9-19(10-7-17)20(27-12-4-5-13-27)16-26-23(24)25-15-18-8-11-21(28-2)22(14-18)29-3;/h6-11,14,20H,4-5,12-13,15-16H2,1-3H3,(H3,24,25,26);1H. The fraction of sp³-hybridized carbons (Fsp3) is 0.435. The third-order valence-corrected chi connectivity index (χ3v) is 5.40. The van der Waals surface area contributed by atoms with Gasteiger partial charge in [-0.1, -0.05) is 35.9 Å². The normalized spacial score (nSPS) is 15.4.